The Morgan fingerprint density at radius 2 is 1.75 bits per heavy atom. The molecule has 1 saturated carbocycles. The van der Waals surface area contributed by atoms with Crippen molar-refractivity contribution in [2.24, 2.45) is 5.92 Å². The van der Waals surface area contributed by atoms with Crippen LogP contribution in [0.3, 0.4) is 0 Å². The van der Waals surface area contributed by atoms with E-state index in [1.165, 1.54) is 19.3 Å². The molecule has 1 atom stereocenters. The van der Waals surface area contributed by atoms with Crippen molar-refractivity contribution in [2.45, 2.75) is 51.5 Å². The molecule has 2 rings (SSSR count). The van der Waals surface area contributed by atoms with Crippen LogP contribution >= 0.6 is 0 Å². The summed E-state index contributed by atoms with van der Waals surface area (Å²) in [5.74, 6) is 0.441. The van der Waals surface area contributed by atoms with Gasteiger partial charge in [-0.05, 0) is 32.7 Å². The van der Waals surface area contributed by atoms with Crippen molar-refractivity contribution in [3.8, 4) is 0 Å². The lowest BCUT2D eigenvalue weighted by Gasteiger charge is -2.32. The molecule has 1 aliphatic heterocycles. The normalized spacial score (nSPS) is 22.1. The maximum atomic E-state index is 12.1. The summed E-state index contributed by atoms with van der Waals surface area (Å²) in [5, 5.41) is 5.79. The molecule has 138 valence electrons. The third-order valence-electron chi connectivity index (χ3n) is 5.29. The minimum absolute atomic E-state index is 0.0172. The molecule has 0 aromatic rings. The minimum atomic E-state index is -0.450. The van der Waals surface area contributed by atoms with E-state index in [2.05, 4.69) is 27.5 Å². The fraction of sp³-hybridized carbons (Fsp3) is 0.889. The van der Waals surface area contributed by atoms with Gasteiger partial charge in [0.15, 0.2) is 0 Å². The van der Waals surface area contributed by atoms with Crippen LogP contribution in [0.15, 0.2) is 0 Å². The van der Waals surface area contributed by atoms with Gasteiger partial charge >= 0.3 is 0 Å². The first-order chi connectivity index (χ1) is 11.5. The molecule has 2 fully saturated rings. The summed E-state index contributed by atoms with van der Waals surface area (Å²) < 4.78 is 0. The van der Waals surface area contributed by atoms with E-state index in [4.69, 9.17) is 0 Å². The molecule has 0 bridgehead atoms. The number of carbonyl (C=O) groups excluding carboxylic acids is 2. The van der Waals surface area contributed by atoms with Crippen molar-refractivity contribution in [3.63, 3.8) is 0 Å². The summed E-state index contributed by atoms with van der Waals surface area (Å²) in [5.41, 5.74) is 0. The quantitative estimate of drug-likeness (QED) is 0.721. The van der Waals surface area contributed by atoms with E-state index in [1.807, 2.05) is 0 Å². The SMILES string of the molecule is CC(NC(=O)CC1CCCCC1)C(=O)NCCN1CCN(C)CC1. The molecule has 2 N–H and O–H groups in total. The Morgan fingerprint density at radius 1 is 1.08 bits per heavy atom. The molecule has 0 radical (unpaired) electrons. The minimum Gasteiger partial charge on any atom is -0.353 e. The van der Waals surface area contributed by atoms with E-state index in [0.29, 0.717) is 18.9 Å². The van der Waals surface area contributed by atoms with Crippen molar-refractivity contribution in [3.05, 3.63) is 0 Å². The summed E-state index contributed by atoms with van der Waals surface area (Å²) in [4.78, 5) is 28.9. The average molecular weight is 338 g/mol. The number of hydrogen-bond acceptors (Lipinski definition) is 4. The lowest BCUT2D eigenvalue weighted by molar-refractivity contribution is -0.129. The van der Waals surface area contributed by atoms with Crippen LogP contribution < -0.4 is 10.6 Å². The number of carbonyl (C=O) groups is 2. The number of piperazine rings is 1. The van der Waals surface area contributed by atoms with Gasteiger partial charge in [-0.3, -0.25) is 14.5 Å². The van der Waals surface area contributed by atoms with Gasteiger partial charge in [-0.1, -0.05) is 19.3 Å². The number of nitrogens with one attached hydrogen (secondary N) is 2. The second-order valence-electron chi connectivity index (χ2n) is 7.43. The molecule has 2 aliphatic rings. The largest absolute Gasteiger partial charge is 0.353 e. The van der Waals surface area contributed by atoms with Crippen molar-refractivity contribution < 1.29 is 9.59 Å². The second-order valence-corrected chi connectivity index (χ2v) is 7.43. The second kappa shape index (κ2) is 9.99. The fourth-order valence-corrected chi connectivity index (χ4v) is 3.58. The van der Waals surface area contributed by atoms with Crippen LogP contribution in [0, 0.1) is 5.92 Å². The number of amides is 2. The number of hydrogen-bond donors (Lipinski definition) is 2. The first kappa shape index (κ1) is 19.2. The van der Waals surface area contributed by atoms with E-state index < -0.39 is 6.04 Å². The van der Waals surface area contributed by atoms with Crippen LogP contribution in [-0.4, -0.2) is 74.0 Å². The Kier molecular flexibility index (Phi) is 7.99. The molecule has 1 heterocycles. The Balaban J connectivity index is 1.58. The molecule has 24 heavy (non-hydrogen) atoms. The summed E-state index contributed by atoms with van der Waals surface area (Å²) in [6, 6.07) is -0.450. The van der Waals surface area contributed by atoms with Gasteiger partial charge in [-0.2, -0.15) is 0 Å². The van der Waals surface area contributed by atoms with E-state index in [-0.39, 0.29) is 11.8 Å². The zero-order chi connectivity index (χ0) is 17.4. The van der Waals surface area contributed by atoms with E-state index in [9.17, 15) is 9.59 Å². The zero-order valence-electron chi connectivity index (χ0n) is 15.4. The lowest BCUT2D eigenvalue weighted by atomic mass is 9.87. The molecule has 1 saturated heterocycles. The Hall–Kier alpha value is -1.14. The number of nitrogens with zero attached hydrogens (tertiary/aromatic N) is 2. The monoisotopic (exact) mass is 338 g/mol. The molecule has 0 aromatic heterocycles. The van der Waals surface area contributed by atoms with Gasteiger partial charge in [0.2, 0.25) is 11.8 Å². The molecule has 0 aromatic carbocycles. The van der Waals surface area contributed by atoms with E-state index in [0.717, 1.165) is 45.6 Å². The highest BCUT2D eigenvalue weighted by Crippen LogP contribution is 2.26. The summed E-state index contributed by atoms with van der Waals surface area (Å²) >= 11 is 0. The van der Waals surface area contributed by atoms with Crippen LogP contribution in [-0.2, 0) is 9.59 Å². The van der Waals surface area contributed by atoms with Crippen molar-refractivity contribution >= 4 is 11.8 Å². The molecule has 2 amide bonds. The topological polar surface area (TPSA) is 64.7 Å². The molecule has 6 heteroatoms. The van der Waals surface area contributed by atoms with Gasteiger partial charge in [0.25, 0.3) is 0 Å². The van der Waals surface area contributed by atoms with Crippen molar-refractivity contribution in [1.82, 2.24) is 20.4 Å². The highest BCUT2D eigenvalue weighted by atomic mass is 16.2. The van der Waals surface area contributed by atoms with Crippen LogP contribution in [0.4, 0.5) is 0 Å². The molecule has 6 nitrogen and oxygen atoms in total. The predicted octanol–water partition coefficient (Wildman–Crippen LogP) is 0.825. The first-order valence-corrected chi connectivity index (χ1v) is 9.52. The maximum Gasteiger partial charge on any atom is 0.242 e. The molecular formula is C18H34N4O2. The third kappa shape index (κ3) is 6.77. The van der Waals surface area contributed by atoms with Crippen molar-refractivity contribution in [2.75, 3.05) is 46.3 Å². The predicted molar refractivity (Wildman–Crippen MR) is 95.7 cm³/mol. The van der Waals surface area contributed by atoms with Crippen molar-refractivity contribution in [1.29, 1.82) is 0 Å². The lowest BCUT2D eigenvalue weighted by Crippen LogP contribution is -2.49. The third-order valence-corrected chi connectivity index (χ3v) is 5.29. The van der Waals surface area contributed by atoms with Gasteiger partial charge in [-0.15, -0.1) is 0 Å². The number of rotatable bonds is 7. The van der Waals surface area contributed by atoms with Gasteiger partial charge in [0.05, 0.1) is 0 Å². The molecular weight excluding hydrogens is 304 g/mol. The maximum absolute atomic E-state index is 12.1. The summed E-state index contributed by atoms with van der Waals surface area (Å²) in [6.07, 6.45) is 6.64. The highest BCUT2D eigenvalue weighted by molar-refractivity contribution is 5.87. The highest BCUT2D eigenvalue weighted by Gasteiger charge is 2.20. The van der Waals surface area contributed by atoms with Crippen LogP contribution in [0.1, 0.15) is 45.4 Å². The Bertz CT molecular complexity index is 402. The van der Waals surface area contributed by atoms with Gasteiger partial charge in [0.1, 0.15) is 6.04 Å². The van der Waals surface area contributed by atoms with Gasteiger partial charge in [0, 0.05) is 45.7 Å². The standard InChI is InChI=1S/C18H34N4O2/c1-15(20-17(23)14-16-6-4-3-5-7-16)18(24)19-8-9-22-12-10-21(2)11-13-22/h15-16H,3-14H2,1-2H3,(H,19,24)(H,20,23). The zero-order valence-corrected chi connectivity index (χ0v) is 15.4. The smallest absolute Gasteiger partial charge is 0.242 e. The molecule has 1 unspecified atom stereocenters. The number of likely N-dealkylation sites (N-methyl/N-ethyl adjacent to an activating group) is 1. The van der Waals surface area contributed by atoms with Gasteiger partial charge < -0.3 is 15.5 Å². The van der Waals surface area contributed by atoms with Crippen LogP contribution in [0.5, 0.6) is 0 Å². The first-order valence-electron chi connectivity index (χ1n) is 9.52. The fourth-order valence-electron chi connectivity index (χ4n) is 3.58. The molecule has 0 spiro atoms. The van der Waals surface area contributed by atoms with E-state index in [1.54, 1.807) is 6.92 Å². The van der Waals surface area contributed by atoms with Gasteiger partial charge in [-0.25, -0.2) is 0 Å². The molecule has 1 aliphatic carbocycles. The average Bonchev–Trinajstić information content (AvgIpc) is 2.57. The Morgan fingerprint density at radius 3 is 2.42 bits per heavy atom. The van der Waals surface area contributed by atoms with Crippen LogP contribution in [0.2, 0.25) is 0 Å². The van der Waals surface area contributed by atoms with E-state index >= 15 is 0 Å². The summed E-state index contributed by atoms with van der Waals surface area (Å²) in [6.45, 7) is 7.57. The van der Waals surface area contributed by atoms with Crippen LogP contribution in [0.25, 0.3) is 0 Å². The Labute approximate surface area is 146 Å². The summed E-state index contributed by atoms with van der Waals surface area (Å²) in [7, 11) is 2.14.